The van der Waals surface area contributed by atoms with E-state index in [4.69, 9.17) is 4.74 Å². The first-order valence-corrected chi connectivity index (χ1v) is 6.60. The molecule has 1 rings (SSSR count). The Labute approximate surface area is 127 Å². The lowest BCUT2D eigenvalue weighted by Gasteiger charge is -2.26. The molecule has 0 heterocycles. The highest BCUT2D eigenvalue weighted by atomic mass is 19.1. The molecule has 0 saturated carbocycles. The third kappa shape index (κ3) is 6.07. The number of hydrogen-bond acceptors (Lipinski definition) is 4. The van der Waals surface area contributed by atoms with Gasteiger partial charge in [0.15, 0.2) is 0 Å². The van der Waals surface area contributed by atoms with Crippen LogP contribution < -0.4 is 0 Å². The van der Waals surface area contributed by atoms with Crippen LogP contribution >= 0.6 is 0 Å². The highest BCUT2D eigenvalue weighted by Crippen LogP contribution is 2.14. The molecule has 0 aromatic heterocycles. The second kappa shape index (κ2) is 7.20. The summed E-state index contributed by atoms with van der Waals surface area (Å²) in [5, 5.41) is 0. The maximum absolute atomic E-state index is 13.2. The first-order valence-electron chi connectivity index (χ1n) is 6.60. The molecule has 122 valence electrons. The summed E-state index contributed by atoms with van der Waals surface area (Å²) in [6.45, 7) is 4.44. The normalized spacial score (nSPS) is 11.0. The molecule has 0 N–H and O–H groups in total. The highest BCUT2D eigenvalue weighted by Gasteiger charge is 2.24. The topological polar surface area (TPSA) is 55.8 Å². The van der Waals surface area contributed by atoms with Crippen molar-refractivity contribution in [3.05, 3.63) is 35.4 Å². The number of rotatable bonds is 4. The molecular weight excluding hydrogens is 296 g/mol. The van der Waals surface area contributed by atoms with Gasteiger partial charge in [-0.2, -0.15) is 0 Å². The Morgan fingerprint density at radius 1 is 1.14 bits per heavy atom. The van der Waals surface area contributed by atoms with Gasteiger partial charge in [0, 0.05) is 12.6 Å². The Morgan fingerprint density at radius 2 is 1.68 bits per heavy atom. The molecular formula is C15H19F2NO4. The molecule has 0 bridgehead atoms. The fourth-order valence-electron chi connectivity index (χ4n) is 1.65. The number of carbonyl (C=O) groups excluding carboxylic acids is 2. The third-order valence-electron chi connectivity index (χ3n) is 2.50. The summed E-state index contributed by atoms with van der Waals surface area (Å²) in [6.07, 6.45) is -0.775. The number of ether oxygens (including phenoxy) is 2. The molecule has 1 aromatic carbocycles. The molecule has 0 spiro atoms. The van der Waals surface area contributed by atoms with Gasteiger partial charge < -0.3 is 9.47 Å². The lowest BCUT2D eigenvalue weighted by Crippen LogP contribution is -2.39. The molecule has 0 aliphatic carbocycles. The average molecular weight is 315 g/mol. The number of benzene rings is 1. The van der Waals surface area contributed by atoms with Crippen LogP contribution in [0.15, 0.2) is 18.2 Å². The monoisotopic (exact) mass is 315 g/mol. The van der Waals surface area contributed by atoms with Gasteiger partial charge in [-0.1, -0.05) is 0 Å². The number of halogens is 2. The minimum atomic E-state index is -0.775. The predicted molar refractivity (Wildman–Crippen MR) is 75.0 cm³/mol. The Morgan fingerprint density at radius 3 is 2.14 bits per heavy atom. The maximum atomic E-state index is 13.2. The van der Waals surface area contributed by atoms with Gasteiger partial charge >= 0.3 is 12.1 Å². The smallest absolute Gasteiger partial charge is 0.411 e. The molecule has 0 unspecified atom stereocenters. The van der Waals surface area contributed by atoms with Crippen LogP contribution in [-0.4, -0.2) is 36.2 Å². The van der Waals surface area contributed by atoms with Crippen molar-refractivity contribution in [3.8, 4) is 0 Å². The van der Waals surface area contributed by atoms with Crippen LogP contribution in [0.4, 0.5) is 13.6 Å². The van der Waals surface area contributed by atoms with Crippen molar-refractivity contribution in [1.82, 2.24) is 4.90 Å². The van der Waals surface area contributed by atoms with Crippen LogP contribution in [0.2, 0.25) is 0 Å². The van der Waals surface area contributed by atoms with E-state index < -0.39 is 29.3 Å². The van der Waals surface area contributed by atoms with Crippen LogP contribution in [0.3, 0.4) is 0 Å². The van der Waals surface area contributed by atoms with Gasteiger partial charge in [0.05, 0.1) is 7.11 Å². The zero-order chi connectivity index (χ0) is 16.9. The van der Waals surface area contributed by atoms with Gasteiger partial charge in [-0.05, 0) is 38.5 Å². The van der Waals surface area contributed by atoms with Gasteiger partial charge in [0.2, 0.25) is 0 Å². The number of carbonyl (C=O) groups is 2. The minimum Gasteiger partial charge on any atom is -0.468 e. The van der Waals surface area contributed by atoms with Gasteiger partial charge in [0.1, 0.15) is 23.8 Å². The summed E-state index contributed by atoms with van der Waals surface area (Å²) in [6, 6.07) is 2.89. The second-order valence-corrected chi connectivity index (χ2v) is 5.69. The number of methoxy groups -OCH3 is 1. The molecule has 0 atom stereocenters. The Bertz CT molecular complexity index is 535. The van der Waals surface area contributed by atoms with Crippen molar-refractivity contribution in [2.45, 2.75) is 32.9 Å². The second-order valence-electron chi connectivity index (χ2n) is 5.69. The van der Waals surface area contributed by atoms with Gasteiger partial charge in [-0.15, -0.1) is 0 Å². The molecule has 0 aliphatic heterocycles. The van der Waals surface area contributed by atoms with Crippen LogP contribution in [0.5, 0.6) is 0 Å². The molecule has 0 radical (unpaired) electrons. The zero-order valence-electron chi connectivity index (χ0n) is 13.0. The van der Waals surface area contributed by atoms with E-state index in [1.165, 1.54) is 7.11 Å². The van der Waals surface area contributed by atoms with Crippen molar-refractivity contribution in [2.24, 2.45) is 0 Å². The van der Waals surface area contributed by atoms with E-state index in [1.807, 2.05) is 0 Å². The molecule has 5 nitrogen and oxygen atoms in total. The number of nitrogens with zero attached hydrogens (tertiary/aromatic N) is 1. The third-order valence-corrected chi connectivity index (χ3v) is 2.50. The van der Waals surface area contributed by atoms with Gasteiger partial charge in [-0.3, -0.25) is 9.69 Å². The maximum Gasteiger partial charge on any atom is 0.411 e. The van der Waals surface area contributed by atoms with Crippen molar-refractivity contribution in [2.75, 3.05) is 13.7 Å². The van der Waals surface area contributed by atoms with Crippen molar-refractivity contribution in [3.63, 3.8) is 0 Å². The number of esters is 1. The SMILES string of the molecule is COC(=O)CN(Cc1cc(F)cc(F)c1)C(=O)OC(C)(C)C. The van der Waals surface area contributed by atoms with E-state index in [0.29, 0.717) is 0 Å². The number of hydrogen-bond donors (Lipinski definition) is 0. The van der Waals surface area contributed by atoms with Crippen LogP contribution in [0.25, 0.3) is 0 Å². The number of amides is 1. The summed E-state index contributed by atoms with van der Waals surface area (Å²) < 4.78 is 36.1. The predicted octanol–water partition coefficient (Wildman–Crippen LogP) is 2.87. The molecule has 7 heteroatoms. The zero-order valence-corrected chi connectivity index (χ0v) is 13.0. The van der Waals surface area contributed by atoms with Gasteiger partial charge in [-0.25, -0.2) is 13.6 Å². The van der Waals surface area contributed by atoms with Crippen molar-refractivity contribution in [1.29, 1.82) is 0 Å². The summed E-state index contributed by atoms with van der Waals surface area (Å²) in [4.78, 5) is 24.5. The largest absolute Gasteiger partial charge is 0.468 e. The molecule has 0 saturated heterocycles. The van der Waals surface area contributed by atoms with E-state index in [1.54, 1.807) is 20.8 Å². The van der Waals surface area contributed by atoms with Gasteiger partial charge in [0.25, 0.3) is 0 Å². The molecule has 0 fully saturated rings. The molecule has 22 heavy (non-hydrogen) atoms. The molecule has 0 aliphatic rings. The van der Waals surface area contributed by atoms with Crippen LogP contribution in [0.1, 0.15) is 26.3 Å². The molecule has 1 amide bonds. The Balaban J connectivity index is 2.94. The Hall–Kier alpha value is -2.18. The summed E-state index contributed by atoms with van der Waals surface area (Å²) in [5.74, 6) is -2.20. The summed E-state index contributed by atoms with van der Waals surface area (Å²) in [7, 11) is 1.18. The fourth-order valence-corrected chi connectivity index (χ4v) is 1.65. The standard InChI is InChI=1S/C15H19F2NO4/c1-15(2,3)22-14(20)18(9-13(19)21-4)8-10-5-11(16)7-12(17)6-10/h5-7H,8-9H2,1-4H3. The van der Waals surface area contributed by atoms with Crippen molar-refractivity contribution >= 4 is 12.1 Å². The minimum absolute atomic E-state index is 0.182. The van der Waals surface area contributed by atoms with E-state index in [-0.39, 0.29) is 18.7 Å². The van der Waals surface area contributed by atoms with Crippen LogP contribution in [0, 0.1) is 11.6 Å². The first-order chi connectivity index (χ1) is 10.1. The average Bonchev–Trinajstić information content (AvgIpc) is 2.34. The van der Waals surface area contributed by atoms with E-state index in [0.717, 1.165) is 23.1 Å². The quantitative estimate of drug-likeness (QED) is 0.802. The van der Waals surface area contributed by atoms with E-state index in [2.05, 4.69) is 4.74 Å². The molecule has 1 aromatic rings. The fraction of sp³-hybridized carbons (Fsp3) is 0.467. The lowest BCUT2D eigenvalue weighted by atomic mass is 10.2. The van der Waals surface area contributed by atoms with E-state index in [9.17, 15) is 18.4 Å². The Kier molecular flexibility index (Phi) is 5.84. The summed E-state index contributed by atoms with van der Waals surface area (Å²) >= 11 is 0. The van der Waals surface area contributed by atoms with Crippen LogP contribution in [-0.2, 0) is 20.8 Å². The summed E-state index contributed by atoms with van der Waals surface area (Å²) in [5.41, 5.74) is -0.564. The first kappa shape index (κ1) is 17.9. The van der Waals surface area contributed by atoms with E-state index >= 15 is 0 Å². The highest BCUT2D eigenvalue weighted by molar-refractivity contribution is 5.78. The lowest BCUT2D eigenvalue weighted by molar-refractivity contribution is -0.142. The van der Waals surface area contributed by atoms with Crippen molar-refractivity contribution < 1.29 is 27.8 Å².